The summed E-state index contributed by atoms with van der Waals surface area (Å²) in [7, 11) is 1.42. The molecule has 2 aromatic rings. The molecule has 4 fully saturated rings. The monoisotopic (exact) mass is 450 g/mol. The Hall–Kier alpha value is -3.29. The highest BCUT2D eigenvalue weighted by Crippen LogP contribution is 2.56. The molecule has 0 heterocycles. The second-order valence-corrected chi connectivity index (χ2v) is 9.91. The topological polar surface area (TPSA) is 106 Å². The number of nitro groups is 1. The Balaban J connectivity index is 1.24. The molecule has 0 aliphatic heterocycles. The highest BCUT2D eigenvalue weighted by molar-refractivity contribution is 5.95. The van der Waals surface area contributed by atoms with Crippen molar-refractivity contribution in [2.75, 3.05) is 29.6 Å². The van der Waals surface area contributed by atoms with E-state index in [-0.39, 0.29) is 29.4 Å². The van der Waals surface area contributed by atoms with Crippen LogP contribution in [0.2, 0.25) is 0 Å². The van der Waals surface area contributed by atoms with Crippen molar-refractivity contribution < 1.29 is 14.5 Å². The first-order valence-electron chi connectivity index (χ1n) is 11.7. The van der Waals surface area contributed by atoms with Crippen molar-refractivity contribution in [3.8, 4) is 5.75 Å². The molecular formula is C25H30N4O4. The quantitative estimate of drug-likeness (QED) is 0.385. The van der Waals surface area contributed by atoms with E-state index in [1.807, 2.05) is 18.2 Å². The van der Waals surface area contributed by atoms with Crippen molar-refractivity contribution in [3.05, 3.63) is 52.6 Å². The Bertz CT molecular complexity index is 1030. The van der Waals surface area contributed by atoms with E-state index in [1.54, 1.807) is 0 Å². The van der Waals surface area contributed by atoms with Gasteiger partial charge in [-0.25, -0.2) is 0 Å². The van der Waals surface area contributed by atoms with Gasteiger partial charge in [0.15, 0.2) is 0 Å². The van der Waals surface area contributed by atoms with Gasteiger partial charge in [-0.1, -0.05) is 12.1 Å². The number of para-hydroxylation sites is 2. The van der Waals surface area contributed by atoms with Crippen LogP contribution in [0.4, 0.5) is 22.7 Å². The molecule has 0 radical (unpaired) electrons. The number of ether oxygens (including phenoxy) is 1. The molecule has 33 heavy (non-hydrogen) atoms. The van der Waals surface area contributed by atoms with Crippen LogP contribution in [0.25, 0.3) is 0 Å². The average molecular weight is 451 g/mol. The van der Waals surface area contributed by atoms with E-state index in [1.165, 1.54) is 63.8 Å². The fourth-order valence-corrected chi connectivity index (χ4v) is 6.56. The zero-order valence-corrected chi connectivity index (χ0v) is 18.8. The summed E-state index contributed by atoms with van der Waals surface area (Å²) in [4.78, 5) is 23.1. The van der Waals surface area contributed by atoms with Crippen LogP contribution in [0.3, 0.4) is 0 Å². The normalized spacial score (nSPS) is 27.1. The minimum absolute atomic E-state index is 0.0692. The van der Waals surface area contributed by atoms with Gasteiger partial charge < -0.3 is 20.7 Å². The zero-order valence-electron chi connectivity index (χ0n) is 18.8. The number of nitro benzene ring substituents is 1. The van der Waals surface area contributed by atoms with E-state index in [0.29, 0.717) is 5.69 Å². The van der Waals surface area contributed by atoms with Gasteiger partial charge in [0.05, 0.1) is 41.7 Å². The predicted octanol–water partition coefficient (Wildman–Crippen LogP) is 5.03. The maximum atomic E-state index is 12.6. The first-order chi connectivity index (χ1) is 15.9. The van der Waals surface area contributed by atoms with Crippen LogP contribution in [0.5, 0.6) is 5.75 Å². The SMILES string of the molecule is COc1cc([N+](=O)[O-])ccc1NC(=O)CNc1ccccc1NC12CC3CC(CC(C3)C1)C2. The first-order valence-corrected chi connectivity index (χ1v) is 11.7. The fraction of sp³-hybridized carbons (Fsp3) is 0.480. The van der Waals surface area contributed by atoms with Crippen molar-refractivity contribution in [2.45, 2.75) is 44.1 Å². The van der Waals surface area contributed by atoms with Gasteiger partial charge >= 0.3 is 0 Å². The van der Waals surface area contributed by atoms with Crippen molar-refractivity contribution in [1.29, 1.82) is 0 Å². The standard InChI is InChI=1S/C25H30N4O4/c1-33-23-11-19(29(31)32)6-7-22(23)27-24(30)15-26-20-4-2-3-5-21(20)28-25-12-16-8-17(13-25)10-18(9-16)14-25/h2-7,11,16-18,26,28H,8-10,12-15H2,1H3,(H,27,30). The van der Waals surface area contributed by atoms with Crippen LogP contribution < -0.4 is 20.7 Å². The lowest BCUT2D eigenvalue weighted by molar-refractivity contribution is -0.384. The molecule has 0 atom stereocenters. The van der Waals surface area contributed by atoms with Gasteiger partial charge in [-0.15, -0.1) is 0 Å². The molecular weight excluding hydrogens is 420 g/mol. The Kier molecular flexibility index (Phi) is 5.60. The maximum Gasteiger partial charge on any atom is 0.273 e. The number of nitrogens with zero attached hydrogens (tertiary/aromatic N) is 1. The van der Waals surface area contributed by atoms with Crippen LogP contribution in [-0.4, -0.2) is 30.0 Å². The number of hydrogen-bond acceptors (Lipinski definition) is 6. The molecule has 0 saturated heterocycles. The number of hydrogen-bond donors (Lipinski definition) is 3. The smallest absolute Gasteiger partial charge is 0.273 e. The molecule has 0 aromatic heterocycles. The van der Waals surface area contributed by atoms with Crippen LogP contribution in [0.1, 0.15) is 38.5 Å². The van der Waals surface area contributed by atoms with E-state index in [4.69, 9.17) is 4.74 Å². The predicted molar refractivity (Wildman–Crippen MR) is 128 cm³/mol. The largest absolute Gasteiger partial charge is 0.494 e. The Labute approximate surface area is 193 Å². The van der Waals surface area contributed by atoms with Crippen LogP contribution >= 0.6 is 0 Å². The summed E-state index contributed by atoms with van der Waals surface area (Å²) in [5.74, 6) is 2.55. The third-order valence-corrected chi connectivity index (χ3v) is 7.47. The molecule has 4 saturated carbocycles. The third kappa shape index (κ3) is 4.47. The minimum Gasteiger partial charge on any atom is -0.494 e. The molecule has 0 unspecified atom stereocenters. The lowest BCUT2D eigenvalue weighted by Gasteiger charge is -2.57. The lowest BCUT2D eigenvalue weighted by Crippen LogP contribution is -2.54. The number of anilines is 3. The molecule has 1 amide bonds. The molecule has 0 spiro atoms. The second-order valence-electron chi connectivity index (χ2n) is 9.91. The van der Waals surface area contributed by atoms with Gasteiger partial charge in [0.1, 0.15) is 5.75 Å². The molecule has 4 bridgehead atoms. The summed E-state index contributed by atoms with van der Waals surface area (Å²) in [6.07, 6.45) is 7.92. The highest BCUT2D eigenvalue weighted by atomic mass is 16.6. The average Bonchev–Trinajstić information content (AvgIpc) is 2.77. The summed E-state index contributed by atoms with van der Waals surface area (Å²) >= 11 is 0. The molecule has 8 heteroatoms. The van der Waals surface area contributed by atoms with E-state index >= 15 is 0 Å². The molecule has 6 rings (SSSR count). The Morgan fingerprint density at radius 2 is 1.67 bits per heavy atom. The molecule has 8 nitrogen and oxygen atoms in total. The van der Waals surface area contributed by atoms with E-state index in [9.17, 15) is 14.9 Å². The number of methoxy groups -OCH3 is 1. The molecule has 4 aliphatic carbocycles. The van der Waals surface area contributed by atoms with Crippen molar-refractivity contribution in [3.63, 3.8) is 0 Å². The summed E-state index contributed by atoms with van der Waals surface area (Å²) < 4.78 is 5.20. The molecule has 174 valence electrons. The number of amides is 1. The van der Waals surface area contributed by atoms with Crippen LogP contribution in [-0.2, 0) is 4.79 Å². The second kappa shape index (κ2) is 8.57. The fourth-order valence-electron chi connectivity index (χ4n) is 6.56. The van der Waals surface area contributed by atoms with Crippen LogP contribution in [0, 0.1) is 27.9 Å². The van der Waals surface area contributed by atoms with E-state index in [0.717, 1.165) is 29.1 Å². The molecule has 2 aromatic carbocycles. The van der Waals surface area contributed by atoms with Gasteiger partial charge in [0.25, 0.3) is 5.69 Å². The molecule has 4 aliphatic rings. The number of benzene rings is 2. The van der Waals surface area contributed by atoms with Gasteiger partial charge in [0.2, 0.25) is 5.91 Å². The highest BCUT2D eigenvalue weighted by Gasteiger charge is 2.51. The summed E-state index contributed by atoms with van der Waals surface area (Å²) in [5, 5.41) is 20.9. The summed E-state index contributed by atoms with van der Waals surface area (Å²) in [6, 6.07) is 12.2. The Morgan fingerprint density at radius 1 is 1.03 bits per heavy atom. The van der Waals surface area contributed by atoms with Gasteiger partial charge in [-0.2, -0.15) is 0 Å². The van der Waals surface area contributed by atoms with Gasteiger partial charge in [-0.05, 0) is 74.5 Å². The number of carbonyl (C=O) groups is 1. The van der Waals surface area contributed by atoms with Crippen molar-refractivity contribution in [2.24, 2.45) is 17.8 Å². The van der Waals surface area contributed by atoms with E-state index in [2.05, 4.69) is 22.0 Å². The van der Waals surface area contributed by atoms with Crippen molar-refractivity contribution >= 4 is 28.7 Å². The van der Waals surface area contributed by atoms with Gasteiger partial charge in [-0.3, -0.25) is 14.9 Å². The Morgan fingerprint density at radius 3 is 2.27 bits per heavy atom. The number of nitrogens with one attached hydrogen (secondary N) is 3. The minimum atomic E-state index is -0.497. The third-order valence-electron chi connectivity index (χ3n) is 7.47. The number of rotatable bonds is 8. The number of non-ortho nitro benzene ring substituents is 1. The zero-order chi connectivity index (χ0) is 23.0. The molecule has 3 N–H and O–H groups in total. The van der Waals surface area contributed by atoms with Gasteiger partial charge in [0, 0.05) is 11.6 Å². The first kappa shape index (κ1) is 21.6. The van der Waals surface area contributed by atoms with Crippen LogP contribution in [0.15, 0.2) is 42.5 Å². The maximum absolute atomic E-state index is 12.6. The lowest BCUT2D eigenvalue weighted by atomic mass is 9.53. The number of carbonyl (C=O) groups excluding carboxylic acids is 1. The summed E-state index contributed by atoms with van der Waals surface area (Å²) in [5.41, 5.74) is 2.43. The van der Waals surface area contributed by atoms with E-state index < -0.39 is 4.92 Å². The summed E-state index contributed by atoms with van der Waals surface area (Å²) in [6.45, 7) is 0.0692. The van der Waals surface area contributed by atoms with Crippen molar-refractivity contribution in [1.82, 2.24) is 0 Å².